The van der Waals surface area contributed by atoms with Crippen molar-refractivity contribution in [2.45, 2.75) is 25.7 Å². The first-order valence-electron chi connectivity index (χ1n) is 7.12. The summed E-state index contributed by atoms with van der Waals surface area (Å²) in [6.07, 6.45) is 5.80. The first-order chi connectivity index (χ1) is 10.6. The molecule has 0 aliphatic heterocycles. The van der Waals surface area contributed by atoms with E-state index in [0.717, 1.165) is 24.1 Å². The lowest BCUT2D eigenvalue weighted by Gasteiger charge is -2.03. The fourth-order valence-electron chi connectivity index (χ4n) is 2.09. The summed E-state index contributed by atoms with van der Waals surface area (Å²) in [4.78, 5) is 10.5. The number of hydrogen-bond donors (Lipinski definition) is 2. The van der Waals surface area contributed by atoms with Crippen LogP contribution in [0.15, 0.2) is 54.4 Å². The number of aliphatic hydroxyl groups is 1. The van der Waals surface area contributed by atoms with Crippen LogP contribution in [0.1, 0.15) is 23.2 Å². The lowest BCUT2D eigenvalue weighted by Crippen LogP contribution is -2.00. The molecule has 1 aromatic carbocycles. The normalized spacial score (nSPS) is 11.4. The van der Waals surface area contributed by atoms with Gasteiger partial charge in [-0.15, -0.1) is 0 Å². The first-order valence-corrected chi connectivity index (χ1v) is 7.12. The van der Waals surface area contributed by atoms with Crippen LogP contribution in [0.2, 0.25) is 0 Å². The molecule has 0 fully saturated rings. The Balaban J connectivity index is 1.90. The van der Waals surface area contributed by atoms with Gasteiger partial charge in [0.05, 0.1) is 11.9 Å². The molecular weight excluding hydrogens is 280 g/mol. The predicted molar refractivity (Wildman–Crippen MR) is 82.6 cm³/mol. The highest BCUT2D eigenvalue weighted by Gasteiger charge is 2.04. The summed E-state index contributed by atoms with van der Waals surface area (Å²) in [5.41, 5.74) is 3.16. The van der Waals surface area contributed by atoms with Crippen molar-refractivity contribution in [3.8, 4) is 0 Å². The van der Waals surface area contributed by atoms with Gasteiger partial charge in [-0.1, -0.05) is 30.3 Å². The van der Waals surface area contributed by atoms with E-state index in [4.69, 9.17) is 10.2 Å². The maximum Gasteiger partial charge on any atom is 0.370 e. The van der Waals surface area contributed by atoms with Gasteiger partial charge in [-0.2, -0.15) is 10.2 Å². The summed E-state index contributed by atoms with van der Waals surface area (Å²) >= 11 is 0. The number of allylic oxidation sites excluding steroid dienone is 1. The Hall–Kier alpha value is -2.69. The van der Waals surface area contributed by atoms with E-state index in [0.29, 0.717) is 12.8 Å². The van der Waals surface area contributed by atoms with E-state index in [1.54, 1.807) is 6.20 Å². The molecule has 0 saturated heterocycles. The lowest BCUT2D eigenvalue weighted by molar-refractivity contribution is -0.135. The van der Waals surface area contributed by atoms with E-state index in [9.17, 15) is 4.79 Å². The summed E-state index contributed by atoms with van der Waals surface area (Å²) < 4.78 is 0. The highest BCUT2D eigenvalue weighted by molar-refractivity contribution is 5.83. The van der Waals surface area contributed by atoms with Crippen molar-refractivity contribution in [3.05, 3.63) is 71.3 Å². The van der Waals surface area contributed by atoms with E-state index in [1.807, 2.05) is 24.3 Å². The molecule has 114 valence electrons. The standard InChI is InChI=1S/C17H18N2O3/c20-16(17(21)22)8-4-7-15-11-14(12-18-19-15)10-9-13-5-2-1-3-6-13/h1-3,5-6,8,11-12,20H,4,7,9-10H2,(H,21,22). The second-order valence-corrected chi connectivity index (χ2v) is 4.97. The van der Waals surface area contributed by atoms with Crippen LogP contribution < -0.4 is 0 Å². The minimum atomic E-state index is -1.32. The maximum absolute atomic E-state index is 10.5. The van der Waals surface area contributed by atoms with Crippen LogP contribution in [0.3, 0.4) is 0 Å². The minimum Gasteiger partial charge on any atom is -0.502 e. The van der Waals surface area contributed by atoms with Crippen molar-refractivity contribution in [2.24, 2.45) is 0 Å². The number of carboxylic acid groups (broad SMARTS) is 1. The van der Waals surface area contributed by atoms with Crippen LogP contribution in [0.5, 0.6) is 0 Å². The van der Waals surface area contributed by atoms with Gasteiger partial charge < -0.3 is 10.2 Å². The second-order valence-electron chi connectivity index (χ2n) is 4.97. The molecule has 5 nitrogen and oxygen atoms in total. The van der Waals surface area contributed by atoms with Crippen LogP contribution in [0, 0.1) is 0 Å². The van der Waals surface area contributed by atoms with Crippen molar-refractivity contribution in [2.75, 3.05) is 0 Å². The molecule has 5 heteroatoms. The number of aliphatic hydroxyl groups excluding tert-OH is 1. The van der Waals surface area contributed by atoms with E-state index >= 15 is 0 Å². The molecule has 0 amide bonds. The number of benzene rings is 1. The van der Waals surface area contributed by atoms with Crippen LogP contribution in [-0.2, 0) is 24.1 Å². The number of aryl methyl sites for hydroxylation is 3. The first kappa shape index (κ1) is 15.7. The predicted octanol–water partition coefficient (Wildman–Crippen LogP) is 2.72. The molecule has 0 radical (unpaired) electrons. The monoisotopic (exact) mass is 298 g/mol. The number of carboxylic acids is 1. The quantitative estimate of drug-likeness (QED) is 0.606. The van der Waals surface area contributed by atoms with E-state index in [1.165, 1.54) is 11.6 Å². The Kier molecular flexibility index (Phi) is 5.65. The molecule has 0 bridgehead atoms. The molecule has 0 spiro atoms. The molecule has 0 saturated carbocycles. The molecular formula is C17H18N2O3. The number of rotatable bonds is 7. The highest BCUT2D eigenvalue weighted by atomic mass is 16.4. The molecule has 2 rings (SSSR count). The van der Waals surface area contributed by atoms with E-state index in [2.05, 4.69) is 22.3 Å². The third kappa shape index (κ3) is 5.01. The maximum atomic E-state index is 10.5. The van der Waals surface area contributed by atoms with E-state index in [-0.39, 0.29) is 0 Å². The highest BCUT2D eigenvalue weighted by Crippen LogP contribution is 2.09. The van der Waals surface area contributed by atoms with Gasteiger partial charge in [-0.3, -0.25) is 0 Å². The van der Waals surface area contributed by atoms with Gasteiger partial charge in [0.25, 0.3) is 0 Å². The average Bonchev–Trinajstić information content (AvgIpc) is 2.54. The van der Waals surface area contributed by atoms with Gasteiger partial charge in [0.1, 0.15) is 0 Å². The van der Waals surface area contributed by atoms with Gasteiger partial charge in [0.2, 0.25) is 0 Å². The van der Waals surface area contributed by atoms with Crippen molar-refractivity contribution in [1.82, 2.24) is 10.2 Å². The summed E-state index contributed by atoms with van der Waals surface area (Å²) in [6.45, 7) is 0. The number of aliphatic carboxylic acids is 1. The number of hydrogen-bond acceptors (Lipinski definition) is 4. The molecule has 2 aromatic rings. The Labute approximate surface area is 129 Å². The smallest absolute Gasteiger partial charge is 0.370 e. The molecule has 0 atom stereocenters. The topological polar surface area (TPSA) is 83.3 Å². The van der Waals surface area contributed by atoms with Crippen LogP contribution in [0.4, 0.5) is 0 Å². The molecule has 1 aromatic heterocycles. The second kappa shape index (κ2) is 7.93. The molecule has 22 heavy (non-hydrogen) atoms. The zero-order valence-electron chi connectivity index (χ0n) is 12.1. The third-order valence-corrected chi connectivity index (χ3v) is 3.26. The molecule has 0 aliphatic rings. The third-order valence-electron chi connectivity index (χ3n) is 3.26. The summed E-state index contributed by atoms with van der Waals surface area (Å²) in [5.74, 6) is -1.95. The Morgan fingerprint density at radius 3 is 2.50 bits per heavy atom. The fourth-order valence-corrected chi connectivity index (χ4v) is 2.09. The van der Waals surface area contributed by atoms with Crippen LogP contribution in [-0.4, -0.2) is 26.4 Å². The summed E-state index contributed by atoms with van der Waals surface area (Å²) in [5, 5.41) is 25.7. The number of nitrogens with zero attached hydrogens (tertiary/aromatic N) is 2. The van der Waals surface area contributed by atoms with Crippen molar-refractivity contribution >= 4 is 5.97 Å². The molecule has 1 heterocycles. The van der Waals surface area contributed by atoms with Gasteiger partial charge in [0, 0.05) is 0 Å². The van der Waals surface area contributed by atoms with Crippen molar-refractivity contribution < 1.29 is 15.0 Å². The van der Waals surface area contributed by atoms with Crippen molar-refractivity contribution in [3.63, 3.8) is 0 Å². The largest absolute Gasteiger partial charge is 0.502 e. The summed E-state index contributed by atoms with van der Waals surface area (Å²) in [6, 6.07) is 12.2. The zero-order chi connectivity index (χ0) is 15.8. The van der Waals surface area contributed by atoms with Crippen LogP contribution in [0.25, 0.3) is 0 Å². The Morgan fingerprint density at radius 2 is 1.77 bits per heavy atom. The van der Waals surface area contributed by atoms with Gasteiger partial charge in [-0.05, 0) is 49.0 Å². The average molecular weight is 298 g/mol. The van der Waals surface area contributed by atoms with Gasteiger partial charge in [-0.25, -0.2) is 4.79 Å². The zero-order valence-corrected chi connectivity index (χ0v) is 12.1. The van der Waals surface area contributed by atoms with Crippen LogP contribution >= 0.6 is 0 Å². The Bertz CT molecular complexity index is 654. The summed E-state index contributed by atoms with van der Waals surface area (Å²) in [7, 11) is 0. The number of carbonyl (C=O) groups is 1. The van der Waals surface area contributed by atoms with E-state index < -0.39 is 11.7 Å². The molecule has 0 unspecified atom stereocenters. The SMILES string of the molecule is O=C(O)C(O)=CCCc1cc(CCc2ccccc2)cnn1. The Morgan fingerprint density at radius 1 is 1.05 bits per heavy atom. The lowest BCUT2D eigenvalue weighted by atomic mass is 10.1. The molecule has 0 aliphatic carbocycles. The van der Waals surface area contributed by atoms with Gasteiger partial charge >= 0.3 is 5.97 Å². The minimum absolute atomic E-state index is 0.412. The van der Waals surface area contributed by atoms with Crippen molar-refractivity contribution in [1.29, 1.82) is 0 Å². The van der Waals surface area contributed by atoms with Gasteiger partial charge in [0.15, 0.2) is 5.76 Å². The molecule has 2 N–H and O–H groups in total. The fraction of sp³-hybridized carbons (Fsp3) is 0.235. The number of aromatic nitrogens is 2.